The molecular weight excluding hydrogens is 386 g/mol. The minimum Gasteiger partial charge on any atom is -0.331 e. The molecular formula is C23H25ClN3O2+. The first-order valence-electron chi connectivity index (χ1n) is 10.2. The molecule has 1 N–H and O–H groups in total. The van der Waals surface area contributed by atoms with Gasteiger partial charge in [-0.2, -0.15) is 0 Å². The van der Waals surface area contributed by atoms with Crippen LogP contribution in [0, 0.1) is 0 Å². The van der Waals surface area contributed by atoms with Crippen molar-refractivity contribution < 1.29 is 14.5 Å². The molecule has 0 bridgehead atoms. The van der Waals surface area contributed by atoms with Crippen LogP contribution in [0.5, 0.6) is 0 Å². The molecule has 0 aliphatic carbocycles. The van der Waals surface area contributed by atoms with Gasteiger partial charge in [0.05, 0.1) is 31.2 Å². The van der Waals surface area contributed by atoms with Crippen molar-refractivity contribution in [2.45, 2.75) is 31.7 Å². The number of carbonyl (C=O) groups is 2. The first-order chi connectivity index (χ1) is 14.1. The minimum absolute atomic E-state index is 0.286. The summed E-state index contributed by atoms with van der Waals surface area (Å²) in [5.74, 6) is -1.19. The summed E-state index contributed by atoms with van der Waals surface area (Å²) >= 11 is 6.10. The van der Waals surface area contributed by atoms with Crippen molar-refractivity contribution in [3.05, 3.63) is 64.7 Å². The summed E-state index contributed by atoms with van der Waals surface area (Å²) in [6, 6.07) is 14.6. The number of nitrogens with one attached hydrogen (secondary N) is 1. The summed E-state index contributed by atoms with van der Waals surface area (Å²) in [6.45, 7) is 5.20. The Morgan fingerprint density at radius 1 is 1.21 bits per heavy atom. The number of quaternary nitrogens is 1. The zero-order valence-corrected chi connectivity index (χ0v) is 17.2. The van der Waals surface area contributed by atoms with Gasteiger partial charge in [0, 0.05) is 29.6 Å². The van der Waals surface area contributed by atoms with Crippen molar-refractivity contribution in [3.63, 3.8) is 0 Å². The smallest absolute Gasteiger partial charge is 0.265 e. The van der Waals surface area contributed by atoms with Crippen LogP contribution in [-0.2, 0) is 4.79 Å². The first-order valence-corrected chi connectivity index (χ1v) is 10.5. The number of halogens is 1. The van der Waals surface area contributed by atoms with Crippen molar-refractivity contribution in [3.8, 4) is 0 Å². The molecule has 29 heavy (non-hydrogen) atoms. The van der Waals surface area contributed by atoms with Crippen LogP contribution in [0.3, 0.4) is 0 Å². The maximum Gasteiger partial charge on any atom is 0.265 e. The molecule has 4 rings (SSSR count). The highest BCUT2D eigenvalue weighted by Crippen LogP contribution is 2.32. The van der Waals surface area contributed by atoms with Crippen molar-refractivity contribution in [2.24, 2.45) is 4.99 Å². The average molecular weight is 411 g/mol. The molecule has 2 aliphatic rings. The Morgan fingerprint density at radius 2 is 2.03 bits per heavy atom. The van der Waals surface area contributed by atoms with Gasteiger partial charge in [0.25, 0.3) is 5.91 Å². The number of likely N-dealkylation sites (N-methyl/N-ethyl adjacent to an activating group) is 1. The van der Waals surface area contributed by atoms with E-state index in [1.807, 2.05) is 18.2 Å². The topological polar surface area (TPSA) is 54.2 Å². The molecule has 0 saturated carbocycles. The number of imide groups is 1. The third-order valence-corrected chi connectivity index (χ3v) is 6.18. The highest BCUT2D eigenvalue weighted by atomic mass is 35.5. The normalized spacial score (nSPS) is 24.3. The third kappa shape index (κ3) is 3.85. The molecule has 1 saturated heterocycles. The summed E-state index contributed by atoms with van der Waals surface area (Å²) in [5.41, 5.74) is 1.73. The molecule has 2 aliphatic heterocycles. The van der Waals surface area contributed by atoms with Crippen LogP contribution >= 0.6 is 11.6 Å². The summed E-state index contributed by atoms with van der Waals surface area (Å²) in [7, 11) is 0. The van der Waals surface area contributed by atoms with E-state index in [2.05, 4.69) is 11.9 Å². The molecule has 2 heterocycles. The number of amides is 2. The molecule has 5 nitrogen and oxygen atoms in total. The van der Waals surface area contributed by atoms with Gasteiger partial charge in [-0.25, -0.2) is 4.90 Å². The van der Waals surface area contributed by atoms with Gasteiger partial charge < -0.3 is 4.90 Å². The van der Waals surface area contributed by atoms with E-state index in [0.29, 0.717) is 28.9 Å². The number of nitrogens with zero attached hydrogens (tertiary/aromatic N) is 2. The van der Waals surface area contributed by atoms with Crippen molar-refractivity contribution in [1.82, 2.24) is 0 Å². The molecule has 0 radical (unpaired) electrons. The van der Waals surface area contributed by atoms with Gasteiger partial charge in [-0.15, -0.1) is 0 Å². The Bertz CT molecular complexity index is 959. The second kappa shape index (κ2) is 8.47. The fourth-order valence-corrected chi connectivity index (χ4v) is 4.61. The van der Waals surface area contributed by atoms with Crippen LogP contribution in [0.2, 0.25) is 5.02 Å². The zero-order valence-electron chi connectivity index (χ0n) is 16.5. The van der Waals surface area contributed by atoms with Gasteiger partial charge in [0.2, 0.25) is 5.91 Å². The molecule has 0 aromatic heterocycles. The molecule has 2 aromatic carbocycles. The van der Waals surface area contributed by atoms with Gasteiger partial charge in [0.1, 0.15) is 6.04 Å². The number of carbonyl (C=O) groups excluding carboxylic acids is 2. The maximum absolute atomic E-state index is 13.3. The lowest BCUT2D eigenvalue weighted by molar-refractivity contribution is -0.908. The molecule has 1 fully saturated rings. The molecule has 6 heteroatoms. The van der Waals surface area contributed by atoms with Crippen LogP contribution in [0.15, 0.2) is 53.5 Å². The van der Waals surface area contributed by atoms with E-state index in [-0.39, 0.29) is 11.8 Å². The van der Waals surface area contributed by atoms with Crippen LogP contribution in [0.25, 0.3) is 0 Å². The Kier molecular flexibility index (Phi) is 5.79. The lowest BCUT2D eigenvalue weighted by Crippen LogP contribution is -3.13. The lowest BCUT2D eigenvalue weighted by atomic mass is 9.89. The number of benzene rings is 2. The summed E-state index contributed by atoms with van der Waals surface area (Å²) in [5, 5.41) is 0.482. The van der Waals surface area contributed by atoms with Crippen molar-refractivity contribution in [1.29, 1.82) is 0 Å². The highest BCUT2D eigenvalue weighted by molar-refractivity contribution is 6.32. The standard InChI is InChI=1S/C23H24ClN3O2/c1-2-26-12-6-9-18(26)14-25-15-21-19-10-3-4-11-20(19)22(28)27(23(21)29)17-8-5-7-16(24)13-17/h3-5,7-8,10-11,13,15,18,21H,2,6,9,12,14H2,1H3/p+1/t18-,21?/m0/s1. The van der Waals surface area contributed by atoms with Crippen LogP contribution in [0.4, 0.5) is 5.69 Å². The lowest BCUT2D eigenvalue weighted by Gasteiger charge is -2.31. The zero-order chi connectivity index (χ0) is 20.4. The Labute approximate surface area is 176 Å². The minimum atomic E-state index is -0.575. The maximum atomic E-state index is 13.3. The molecule has 0 spiro atoms. The Hall–Kier alpha value is -2.50. The molecule has 2 unspecified atom stereocenters. The fraction of sp³-hybridized carbons (Fsp3) is 0.348. The van der Waals surface area contributed by atoms with E-state index < -0.39 is 5.92 Å². The predicted octanol–water partition coefficient (Wildman–Crippen LogP) is 2.75. The predicted molar refractivity (Wildman–Crippen MR) is 115 cm³/mol. The number of likely N-dealkylation sites (tertiary alicyclic amines) is 1. The van der Waals surface area contributed by atoms with Gasteiger partial charge in [0.15, 0.2) is 0 Å². The number of rotatable bonds is 5. The molecule has 2 amide bonds. The summed E-state index contributed by atoms with van der Waals surface area (Å²) in [4.78, 5) is 33.9. The summed E-state index contributed by atoms with van der Waals surface area (Å²) in [6.07, 6.45) is 4.13. The van der Waals surface area contributed by atoms with E-state index in [4.69, 9.17) is 11.6 Å². The largest absolute Gasteiger partial charge is 0.331 e. The van der Waals surface area contributed by atoms with Crippen LogP contribution < -0.4 is 9.80 Å². The second-order valence-electron chi connectivity index (χ2n) is 7.64. The van der Waals surface area contributed by atoms with E-state index in [1.165, 1.54) is 24.3 Å². The van der Waals surface area contributed by atoms with E-state index in [0.717, 1.165) is 12.1 Å². The van der Waals surface area contributed by atoms with E-state index in [1.54, 1.807) is 41.4 Å². The van der Waals surface area contributed by atoms with Gasteiger partial charge >= 0.3 is 0 Å². The Balaban J connectivity index is 1.65. The van der Waals surface area contributed by atoms with Gasteiger partial charge in [-0.1, -0.05) is 35.9 Å². The van der Waals surface area contributed by atoms with Crippen LogP contribution in [-0.4, -0.2) is 43.7 Å². The number of fused-ring (bicyclic) bond motifs is 1. The first kappa shape index (κ1) is 19.8. The molecule has 3 atom stereocenters. The number of hydrogen-bond donors (Lipinski definition) is 1. The van der Waals surface area contributed by atoms with Crippen molar-refractivity contribution >= 4 is 35.3 Å². The highest BCUT2D eigenvalue weighted by Gasteiger charge is 2.39. The number of anilines is 1. The second-order valence-corrected chi connectivity index (χ2v) is 8.08. The van der Waals surface area contributed by atoms with Crippen molar-refractivity contribution in [2.75, 3.05) is 24.5 Å². The molecule has 2 aromatic rings. The SMILES string of the molecule is CC[NH+]1CCC[C@H]1CN=CC1C(=O)N(c2cccc(Cl)c2)C(=O)c2ccccc21. The molecule has 150 valence electrons. The Morgan fingerprint density at radius 3 is 2.83 bits per heavy atom. The average Bonchev–Trinajstić information content (AvgIpc) is 3.18. The van der Waals surface area contributed by atoms with Crippen LogP contribution in [0.1, 0.15) is 41.6 Å². The van der Waals surface area contributed by atoms with Gasteiger partial charge in [-0.05, 0) is 36.8 Å². The summed E-state index contributed by atoms with van der Waals surface area (Å²) < 4.78 is 0. The quantitative estimate of drug-likeness (QED) is 0.608. The number of aliphatic imine (C=N–C) groups is 1. The van der Waals surface area contributed by atoms with Gasteiger partial charge in [-0.3, -0.25) is 14.6 Å². The monoisotopic (exact) mass is 410 g/mol. The van der Waals surface area contributed by atoms with E-state index >= 15 is 0 Å². The fourth-order valence-electron chi connectivity index (χ4n) is 4.42. The van der Waals surface area contributed by atoms with E-state index in [9.17, 15) is 9.59 Å². The third-order valence-electron chi connectivity index (χ3n) is 5.94. The number of hydrogen-bond acceptors (Lipinski definition) is 3.